The van der Waals surface area contributed by atoms with Gasteiger partial charge >= 0.3 is 0 Å². The summed E-state index contributed by atoms with van der Waals surface area (Å²) in [6, 6.07) is 7.94. The summed E-state index contributed by atoms with van der Waals surface area (Å²) in [6.07, 6.45) is 5.43. The van der Waals surface area contributed by atoms with Crippen molar-refractivity contribution in [1.82, 2.24) is 4.98 Å². The van der Waals surface area contributed by atoms with Crippen LogP contribution in [-0.2, 0) is 0 Å². The van der Waals surface area contributed by atoms with Crippen molar-refractivity contribution in [3.8, 4) is 11.3 Å². The highest BCUT2D eigenvalue weighted by Gasteiger charge is 2.00. The molecule has 0 bridgehead atoms. The third-order valence-electron chi connectivity index (χ3n) is 1.97. The average Bonchev–Trinajstić information content (AvgIpc) is 2.76. The van der Waals surface area contributed by atoms with Crippen LogP contribution in [0.1, 0.15) is 4.88 Å². The fourth-order valence-corrected chi connectivity index (χ4v) is 2.10. The zero-order valence-electron chi connectivity index (χ0n) is 8.13. The lowest BCUT2D eigenvalue weighted by Gasteiger charge is -1.93. The van der Waals surface area contributed by atoms with E-state index in [0.717, 1.165) is 16.1 Å². The lowest BCUT2D eigenvalue weighted by Crippen LogP contribution is -1.77. The zero-order chi connectivity index (χ0) is 10.5. The van der Waals surface area contributed by atoms with Crippen LogP contribution in [0, 0.1) is 0 Å². The maximum atomic E-state index is 8.66. The molecule has 2 nitrogen and oxygen atoms in total. The van der Waals surface area contributed by atoms with E-state index >= 15 is 0 Å². The van der Waals surface area contributed by atoms with Gasteiger partial charge in [0.25, 0.3) is 0 Å². The number of aliphatic hydroxyl groups is 1. The molecule has 0 spiro atoms. The van der Waals surface area contributed by atoms with Crippen molar-refractivity contribution in [1.29, 1.82) is 0 Å². The van der Waals surface area contributed by atoms with Crippen LogP contribution < -0.4 is 0 Å². The lowest BCUT2D eigenvalue weighted by atomic mass is 10.2. The largest absolute Gasteiger partial charge is 0.392 e. The number of aromatic nitrogens is 1. The van der Waals surface area contributed by atoms with Gasteiger partial charge < -0.3 is 5.11 Å². The van der Waals surface area contributed by atoms with E-state index in [1.807, 2.05) is 24.3 Å². The van der Waals surface area contributed by atoms with Gasteiger partial charge in [0.05, 0.1) is 12.3 Å². The number of pyridine rings is 1. The van der Waals surface area contributed by atoms with Crippen LogP contribution in [-0.4, -0.2) is 16.7 Å². The summed E-state index contributed by atoms with van der Waals surface area (Å²) < 4.78 is 0. The Morgan fingerprint density at radius 2 is 2.33 bits per heavy atom. The Hall–Kier alpha value is -1.45. The molecule has 2 aromatic heterocycles. The van der Waals surface area contributed by atoms with Gasteiger partial charge in [0.15, 0.2) is 0 Å². The Kier molecular flexibility index (Phi) is 3.27. The number of hydrogen-bond donors (Lipinski definition) is 1. The van der Waals surface area contributed by atoms with E-state index in [4.69, 9.17) is 5.11 Å². The van der Waals surface area contributed by atoms with Crippen molar-refractivity contribution in [3.63, 3.8) is 0 Å². The van der Waals surface area contributed by atoms with Gasteiger partial charge in [-0.15, -0.1) is 11.3 Å². The van der Waals surface area contributed by atoms with Crippen LogP contribution in [0.15, 0.2) is 41.9 Å². The summed E-state index contributed by atoms with van der Waals surface area (Å²) in [5.74, 6) is 0. The minimum absolute atomic E-state index is 0.0802. The monoisotopic (exact) mass is 217 g/mol. The fraction of sp³-hybridized carbons (Fsp3) is 0.0833. The molecule has 0 aromatic carbocycles. The summed E-state index contributed by atoms with van der Waals surface area (Å²) >= 11 is 1.65. The molecule has 0 saturated heterocycles. The van der Waals surface area contributed by atoms with Crippen LogP contribution in [0.25, 0.3) is 17.3 Å². The first-order valence-corrected chi connectivity index (χ1v) is 5.55. The molecule has 2 rings (SSSR count). The molecule has 0 aliphatic carbocycles. The van der Waals surface area contributed by atoms with Crippen molar-refractivity contribution < 1.29 is 5.11 Å². The lowest BCUT2D eigenvalue weighted by molar-refractivity contribution is 0.343. The molecule has 1 N–H and O–H groups in total. The maximum absolute atomic E-state index is 8.66. The number of thiophene rings is 1. The molecule has 0 atom stereocenters. The maximum Gasteiger partial charge on any atom is 0.0710 e. The van der Waals surface area contributed by atoms with Crippen molar-refractivity contribution >= 4 is 17.4 Å². The van der Waals surface area contributed by atoms with Crippen molar-refractivity contribution in [2.75, 3.05) is 6.61 Å². The van der Waals surface area contributed by atoms with Crippen molar-refractivity contribution in [3.05, 3.63) is 46.8 Å². The molecule has 3 heteroatoms. The van der Waals surface area contributed by atoms with Gasteiger partial charge in [0, 0.05) is 22.0 Å². The SMILES string of the molecule is OCC=Cc1cc(-c2ccccn2)cs1. The second-order valence-electron chi connectivity index (χ2n) is 3.04. The summed E-state index contributed by atoms with van der Waals surface area (Å²) in [7, 11) is 0. The van der Waals surface area contributed by atoms with Crippen LogP contribution in [0.5, 0.6) is 0 Å². The average molecular weight is 217 g/mol. The van der Waals surface area contributed by atoms with E-state index in [9.17, 15) is 0 Å². The zero-order valence-corrected chi connectivity index (χ0v) is 8.95. The second-order valence-corrected chi connectivity index (χ2v) is 3.98. The third-order valence-corrected chi connectivity index (χ3v) is 2.87. The second kappa shape index (κ2) is 4.87. The Morgan fingerprint density at radius 1 is 1.40 bits per heavy atom. The highest BCUT2D eigenvalue weighted by atomic mass is 32.1. The van der Waals surface area contributed by atoms with Crippen molar-refractivity contribution in [2.45, 2.75) is 0 Å². The topological polar surface area (TPSA) is 33.1 Å². The number of nitrogens with zero attached hydrogens (tertiary/aromatic N) is 1. The third kappa shape index (κ3) is 2.52. The minimum atomic E-state index is 0.0802. The number of rotatable bonds is 3. The smallest absolute Gasteiger partial charge is 0.0710 e. The molecule has 15 heavy (non-hydrogen) atoms. The molecule has 2 heterocycles. The van der Waals surface area contributed by atoms with Gasteiger partial charge in [-0.2, -0.15) is 0 Å². The number of aliphatic hydroxyl groups excluding tert-OH is 1. The number of hydrogen-bond acceptors (Lipinski definition) is 3. The van der Waals surface area contributed by atoms with Gasteiger partial charge in [-0.3, -0.25) is 4.98 Å². The standard InChI is InChI=1S/C12H11NOS/c14-7-3-4-11-8-10(9-15-11)12-5-1-2-6-13-12/h1-6,8-9,14H,7H2. The Bertz CT molecular complexity index is 448. The van der Waals surface area contributed by atoms with E-state index in [-0.39, 0.29) is 6.61 Å². The van der Waals surface area contributed by atoms with E-state index in [0.29, 0.717) is 0 Å². The molecule has 0 aliphatic heterocycles. The summed E-state index contributed by atoms with van der Waals surface area (Å²) in [4.78, 5) is 5.41. The Balaban J connectivity index is 2.24. The first-order chi connectivity index (χ1) is 7.40. The first-order valence-electron chi connectivity index (χ1n) is 4.67. The highest BCUT2D eigenvalue weighted by Crippen LogP contribution is 2.24. The highest BCUT2D eigenvalue weighted by molar-refractivity contribution is 7.11. The molecule has 0 amide bonds. The van der Waals surface area contributed by atoms with Gasteiger partial charge in [-0.25, -0.2) is 0 Å². The molecule has 0 fully saturated rings. The molecule has 0 aliphatic rings. The minimum Gasteiger partial charge on any atom is -0.392 e. The van der Waals surface area contributed by atoms with E-state index in [1.54, 1.807) is 23.6 Å². The molecule has 2 aromatic rings. The Morgan fingerprint density at radius 3 is 3.07 bits per heavy atom. The molecule has 0 unspecified atom stereocenters. The van der Waals surface area contributed by atoms with Crippen LogP contribution >= 0.6 is 11.3 Å². The Labute approximate surface area is 92.5 Å². The molecular formula is C12H11NOS. The summed E-state index contributed by atoms with van der Waals surface area (Å²) in [5.41, 5.74) is 2.11. The van der Waals surface area contributed by atoms with Crippen LogP contribution in [0.2, 0.25) is 0 Å². The van der Waals surface area contributed by atoms with Crippen LogP contribution in [0.4, 0.5) is 0 Å². The fourth-order valence-electron chi connectivity index (χ4n) is 1.28. The molecule has 0 saturated carbocycles. The molecule has 0 radical (unpaired) electrons. The van der Waals surface area contributed by atoms with E-state index < -0.39 is 0 Å². The van der Waals surface area contributed by atoms with Gasteiger partial charge in [-0.1, -0.05) is 12.1 Å². The van der Waals surface area contributed by atoms with Crippen molar-refractivity contribution in [2.24, 2.45) is 0 Å². The predicted molar refractivity (Wildman–Crippen MR) is 63.7 cm³/mol. The van der Waals surface area contributed by atoms with Gasteiger partial charge in [-0.05, 0) is 24.3 Å². The molecule has 76 valence electrons. The van der Waals surface area contributed by atoms with Gasteiger partial charge in [0.2, 0.25) is 0 Å². The van der Waals surface area contributed by atoms with Gasteiger partial charge in [0.1, 0.15) is 0 Å². The quantitative estimate of drug-likeness (QED) is 0.857. The van der Waals surface area contributed by atoms with E-state index in [2.05, 4.69) is 16.4 Å². The summed E-state index contributed by atoms with van der Waals surface area (Å²) in [6.45, 7) is 0.0802. The summed E-state index contributed by atoms with van der Waals surface area (Å²) in [5, 5.41) is 10.7. The molecular weight excluding hydrogens is 206 g/mol. The normalized spacial score (nSPS) is 11.0. The first kappa shape index (κ1) is 10.1. The predicted octanol–water partition coefficient (Wildman–Crippen LogP) is 2.82. The van der Waals surface area contributed by atoms with E-state index in [1.165, 1.54) is 0 Å². The van der Waals surface area contributed by atoms with Crippen LogP contribution in [0.3, 0.4) is 0 Å².